The summed E-state index contributed by atoms with van der Waals surface area (Å²) in [7, 11) is 0. The van der Waals surface area contributed by atoms with Crippen molar-refractivity contribution in [2.24, 2.45) is 0 Å². The van der Waals surface area contributed by atoms with Crippen LogP contribution < -0.4 is 10.2 Å². The molecule has 10 heteroatoms. The van der Waals surface area contributed by atoms with Gasteiger partial charge < -0.3 is 15.0 Å². The lowest BCUT2D eigenvalue weighted by atomic mass is 10.1. The molecule has 1 saturated heterocycles. The maximum atomic E-state index is 13.0. The number of ether oxygens (including phenoxy) is 1. The first-order chi connectivity index (χ1) is 20.2. The quantitative estimate of drug-likeness (QED) is 0.258. The van der Waals surface area contributed by atoms with Crippen LogP contribution in [0.1, 0.15) is 67.2 Å². The third-order valence-electron chi connectivity index (χ3n) is 6.64. The number of amides is 1. The fraction of sp³-hybridized carbons (Fsp3) is 0.344. The molecule has 1 N–H and O–H groups in total. The van der Waals surface area contributed by atoms with E-state index >= 15 is 0 Å². The van der Waals surface area contributed by atoms with E-state index in [1.165, 1.54) is 17.5 Å². The second-order valence-electron chi connectivity index (χ2n) is 11.1. The molecule has 1 fully saturated rings. The zero-order chi connectivity index (χ0) is 29.5. The van der Waals surface area contributed by atoms with Crippen LogP contribution in [0.2, 0.25) is 0 Å². The van der Waals surface area contributed by atoms with Gasteiger partial charge in [-0.05, 0) is 94.3 Å². The van der Waals surface area contributed by atoms with E-state index in [1.54, 1.807) is 35.4 Å². The summed E-state index contributed by atoms with van der Waals surface area (Å²) in [5.41, 5.74) is 2.93. The molecule has 1 aromatic carbocycles. The van der Waals surface area contributed by atoms with Crippen LogP contribution in [0.4, 0.5) is 10.6 Å². The van der Waals surface area contributed by atoms with E-state index < -0.39 is 11.7 Å². The molecule has 0 radical (unpaired) electrons. The van der Waals surface area contributed by atoms with Gasteiger partial charge in [0.1, 0.15) is 17.1 Å². The van der Waals surface area contributed by atoms with Crippen LogP contribution in [-0.2, 0) is 11.2 Å². The highest BCUT2D eigenvalue weighted by molar-refractivity contribution is 5.95. The number of nitrogens with one attached hydrogen (secondary N) is 1. The Morgan fingerprint density at radius 1 is 1.05 bits per heavy atom. The highest BCUT2D eigenvalue weighted by Gasteiger charge is 2.18. The van der Waals surface area contributed by atoms with E-state index in [1.807, 2.05) is 57.3 Å². The number of hydrogen-bond donors (Lipinski definition) is 1. The monoisotopic (exact) mass is 565 g/mol. The summed E-state index contributed by atoms with van der Waals surface area (Å²) in [4.78, 5) is 32.2. The molecule has 0 aliphatic carbocycles. The van der Waals surface area contributed by atoms with Gasteiger partial charge in [0.2, 0.25) is 0 Å². The van der Waals surface area contributed by atoms with Crippen LogP contribution >= 0.6 is 0 Å². The molecule has 0 unspecified atom stereocenters. The summed E-state index contributed by atoms with van der Waals surface area (Å²) in [5.74, 6) is 7.16. The van der Waals surface area contributed by atoms with Gasteiger partial charge in [-0.2, -0.15) is 14.9 Å². The lowest BCUT2D eigenvalue weighted by molar-refractivity contribution is 0.0514. The van der Waals surface area contributed by atoms with Crippen molar-refractivity contribution in [1.82, 2.24) is 29.9 Å². The second kappa shape index (κ2) is 12.7. The molecule has 4 aromatic rings. The molecule has 1 aliphatic heterocycles. The molecule has 5 rings (SSSR count). The van der Waals surface area contributed by atoms with Crippen molar-refractivity contribution < 1.29 is 14.3 Å². The Kier molecular flexibility index (Phi) is 8.67. The lowest BCUT2D eigenvalue weighted by Gasteiger charge is -2.18. The van der Waals surface area contributed by atoms with Crippen molar-refractivity contribution in [3.63, 3.8) is 0 Å². The average Bonchev–Trinajstić information content (AvgIpc) is 3.77. The van der Waals surface area contributed by atoms with Gasteiger partial charge in [0.15, 0.2) is 0 Å². The smallest absolute Gasteiger partial charge is 0.435 e. The van der Waals surface area contributed by atoms with Gasteiger partial charge in [-0.15, -0.1) is 0 Å². The zero-order valence-electron chi connectivity index (χ0n) is 24.2. The molecule has 10 nitrogen and oxygen atoms in total. The normalized spacial score (nSPS) is 13.0. The van der Waals surface area contributed by atoms with E-state index in [9.17, 15) is 9.59 Å². The van der Waals surface area contributed by atoms with Crippen LogP contribution in [0.15, 0.2) is 67.3 Å². The van der Waals surface area contributed by atoms with Gasteiger partial charge >= 0.3 is 6.09 Å². The first-order valence-corrected chi connectivity index (χ1v) is 14.2. The molecule has 0 saturated carbocycles. The topological polar surface area (TPSA) is 107 Å². The Hall–Kier alpha value is -4.91. The Morgan fingerprint density at radius 3 is 2.64 bits per heavy atom. The van der Waals surface area contributed by atoms with Gasteiger partial charge in [-0.25, -0.2) is 14.5 Å². The molecule has 0 spiro atoms. The standard InChI is InChI=1S/C32H35N7O3/c1-32(2,3)42-31(41)39-23-24(22-35-39)9-7-16-33-30(40)26-13-15-28(38-20-8-17-34-38)25(21-26)12-14-27-10-6-11-29(36-27)37-18-4-5-19-37/h6,8,10-11,13,15,17,20-23H,4-5,7,9,16,18-19H2,1-3H3,(H,33,40). The summed E-state index contributed by atoms with van der Waals surface area (Å²) in [6.45, 7) is 7.92. The van der Waals surface area contributed by atoms with Gasteiger partial charge in [-0.1, -0.05) is 12.0 Å². The summed E-state index contributed by atoms with van der Waals surface area (Å²) < 4.78 is 8.27. The third-order valence-corrected chi connectivity index (χ3v) is 6.64. The SMILES string of the molecule is CC(C)(C)OC(=O)n1cc(CCCNC(=O)c2ccc(-n3cccn3)c(C#Cc3cccc(N4CCCC4)n3)c2)cn1. The summed E-state index contributed by atoms with van der Waals surface area (Å²) >= 11 is 0. The molecule has 4 heterocycles. The maximum absolute atomic E-state index is 13.0. The Labute approximate surface area is 245 Å². The number of anilines is 1. The van der Waals surface area contributed by atoms with Crippen molar-refractivity contribution in [3.8, 4) is 17.5 Å². The number of hydrogen-bond acceptors (Lipinski definition) is 7. The van der Waals surface area contributed by atoms with Crippen molar-refractivity contribution in [1.29, 1.82) is 0 Å². The van der Waals surface area contributed by atoms with Crippen molar-refractivity contribution >= 4 is 17.8 Å². The summed E-state index contributed by atoms with van der Waals surface area (Å²) in [5, 5.41) is 11.4. The molecule has 1 aliphatic rings. The van der Waals surface area contributed by atoms with Crippen molar-refractivity contribution in [2.45, 2.75) is 52.1 Å². The minimum atomic E-state index is -0.592. The number of carbonyl (C=O) groups is 2. The molecule has 3 aromatic heterocycles. The number of aromatic nitrogens is 5. The number of benzene rings is 1. The van der Waals surface area contributed by atoms with Crippen LogP contribution in [-0.4, -0.2) is 61.8 Å². The molecule has 216 valence electrons. The first kappa shape index (κ1) is 28.6. The van der Waals surface area contributed by atoms with Gasteiger partial charge in [0.25, 0.3) is 5.91 Å². The number of rotatable bonds is 7. The number of aryl methyl sites for hydroxylation is 1. The van der Waals surface area contributed by atoms with Gasteiger partial charge in [0.05, 0.1) is 17.4 Å². The van der Waals surface area contributed by atoms with E-state index in [-0.39, 0.29) is 5.91 Å². The molecular formula is C32H35N7O3. The first-order valence-electron chi connectivity index (χ1n) is 14.2. The van der Waals surface area contributed by atoms with Gasteiger partial charge in [0, 0.05) is 43.8 Å². The Morgan fingerprint density at radius 2 is 1.88 bits per heavy atom. The maximum Gasteiger partial charge on any atom is 0.435 e. The fourth-order valence-electron chi connectivity index (χ4n) is 4.63. The number of carbonyl (C=O) groups excluding carboxylic acids is 2. The fourth-order valence-corrected chi connectivity index (χ4v) is 4.63. The lowest BCUT2D eigenvalue weighted by Crippen LogP contribution is -2.27. The third kappa shape index (κ3) is 7.43. The van der Waals surface area contributed by atoms with Gasteiger partial charge in [-0.3, -0.25) is 4.79 Å². The van der Waals surface area contributed by atoms with Crippen LogP contribution in [0.3, 0.4) is 0 Å². The Balaban J connectivity index is 1.24. The molecule has 1 amide bonds. The predicted octanol–water partition coefficient (Wildman–Crippen LogP) is 4.61. The largest absolute Gasteiger partial charge is 0.442 e. The average molecular weight is 566 g/mol. The van der Waals surface area contributed by atoms with E-state index in [4.69, 9.17) is 9.72 Å². The minimum Gasteiger partial charge on any atom is -0.442 e. The molecular weight excluding hydrogens is 530 g/mol. The van der Waals surface area contributed by atoms with Crippen LogP contribution in [0.5, 0.6) is 0 Å². The van der Waals surface area contributed by atoms with E-state index in [2.05, 4.69) is 32.3 Å². The minimum absolute atomic E-state index is 0.191. The van der Waals surface area contributed by atoms with Crippen molar-refractivity contribution in [3.05, 3.63) is 89.6 Å². The molecule has 0 bridgehead atoms. The highest BCUT2D eigenvalue weighted by atomic mass is 16.6. The second-order valence-corrected chi connectivity index (χ2v) is 11.1. The summed E-state index contributed by atoms with van der Waals surface area (Å²) in [6, 6.07) is 13.1. The summed E-state index contributed by atoms with van der Waals surface area (Å²) in [6.07, 6.45) is 10.0. The van der Waals surface area contributed by atoms with Crippen LogP contribution in [0.25, 0.3) is 5.69 Å². The zero-order valence-corrected chi connectivity index (χ0v) is 24.2. The van der Waals surface area contributed by atoms with E-state index in [0.29, 0.717) is 36.2 Å². The molecule has 0 atom stereocenters. The van der Waals surface area contributed by atoms with Crippen LogP contribution in [0, 0.1) is 11.8 Å². The van der Waals surface area contributed by atoms with Crippen molar-refractivity contribution in [2.75, 3.05) is 24.5 Å². The molecule has 42 heavy (non-hydrogen) atoms. The number of pyridine rings is 1. The predicted molar refractivity (Wildman–Crippen MR) is 160 cm³/mol. The number of nitrogens with zero attached hydrogens (tertiary/aromatic N) is 6. The van der Waals surface area contributed by atoms with E-state index in [0.717, 1.165) is 30.2 Å². The Bertz CT molecular complexity index is 1600. The highest BCUT2D eigenvalue weighted by Crippen LogP contribution is 2.19.